The SMILES string of the molecule is COCC(N)C(=O)N1CCC(C2C(=O)Nc3ccccc32)CC1.Cl. The van der Waals surface area contributed by atoms with Gasteiger partial charge in [-0.2, -0.15) is 0 Å². The number of methoxy groups -OCH3 is 1. The van der Waals surface area contributed by atoms with E-state index in [1.807, 2.05) is 24.3 Å². The van der Waals surface area contributed by atoms with Crippen LogP contribution in [0.2, 0.25) is 0 Å². The van der Waals surface area contributed by atoms with Crippen molar-refractivity contribution in [2.45, 2.75) is 24.8 Å². The lowest BCUT2D eigenvalue weighted by molar-refractivity contribution is -0.135. The molecule has 0 aromatic heterocycles. The Morgan fingerprint density at radius 3 is 2.71 bits per heavy atom. The highest BCUT2D eigenvalue weighted by molar-refractivity contribution is 6.03. The first-order valence-corrected chi connectivity index (χ1v) is 8.05. The van der Waals surface area contributed by atoms with Gasteiger partial charge >= 0.3 is 0 Å². The number of nitrogens with zero attached hydrogens (tertiary/aromatic N) is 1. The molecule has 2 amide bonds. The van der Waals surface area contributed by atoms with Crippen LogP contribution in [-0.4, -0.2) is 49.6 Å². The Kier molecular flexibility index (Phi) is 6.21. The van der Waals surface area contributed by atoms with Gasteiger partial charge in [-0.05, 0) is 30.4 Å². The lowest BCUT2D eigenvalue weighted by atomic mass is 9.80. The standard InChI is InChI=1S/C17H23N3O3.ClH/c1-23-10-13(18)17(22)20-8-6-11(7-9-20)15-12-4-2-3-5-14(12)19-16(15)21;/h2-5,11,13,15H,6-10,18H2,1H3,(H,19,21);1H. The van der Waals surface area contributed by atoms with Crippen molar-refractivity contribution >= 4 is 29.9 Å². The molecule has 24 heavy (non-hydrogen) atoms. The third kappa shape index (κ3) is 3.55. The summed E-state index contributed by atoms with van der Waals surface area (Å²) in [6.07, 6.45) is 1.63. The van der Waals surface area contributed by atoms with Gasteiger partial charge in [-0.15, -0.1) is 12.4 Å². The van der Waals surface area contributed by atoms with Gasteiger partial charge in [0.1, 0.15) is 6.04 Å². The molecule has 0 aliphatic carbocycles. The van der Waals surface area contributed by atoms with Gasteiger partial charge < -0.3 is 20.7 Å². The zero-order chi connectivity index (χ0) is 16.4. The number of nitrogens with two attached hydrogens (primary N) is 1. The number of fused-ring (bicyclic) bond motifs is 1. The predicted octanol–water partition coefficient (Wildman–Crippen LogP) is 1.36. The van der Waals surface area contributed by atoms with Gasteiger partial charge in [0.2, 0.25) is 11.8 Å². The third-order valence-corrected chi connectivity index (χ3v) is 4.82. The van der Waals surface area contributed by atoms with Crippen LogP contribution in [0, 0.1) is 5.92 Å². The summed E-state index contributed by atoms with van der Waals surface area (Å²) in [5.74, 6) is 0.172. The molecule has 2 heterocycles. The summed E-state index contributed by atoms with van der Waals surface area (Å²) >= 11 is 0. The fourth-order valence-electron chi connectivity index (χ4n) is 3.64. The summed E-state index contributed by atoms with van der Waals surface area (Å²) in [7, 11) is 1.54. The number of ether oxygens (including phenoxy) is 1. The molecule has 2 aliphatic rings. The highest BCUT2D eigenvalue weighted by Crippen LogP contribution is 2.41. The van der Waals surface area contributed by atoms with E-state index in [4.69, 9.17) is 10.5 Å². The monoisotopic (exact) mass is 353 g/mol. The maximum absolute atomic E-state index is 12.3. The molecule has 3 N–H and O–H groups in total. The summed E-state index contributed by atoms with van der Waals surface area (Å²) in [5.41, 5.74) is 7.82. The molecule has 2 atom stereocenters. The van der Waals surface area contributed by atoms with Crippen molar-refractivity contribution in [3.05, 3.63) is 29.8 Å². The molecule has 132 valence electrons. The normalized spacial score (nSPS) is 21.7. The molecule has 6 nitrogen and oxygen atoms in total. The van der Waals surface area contributed by atoms with Gasteiger partial charge in [0.25, 0.3) is 0 Å². The summed E-state index contributed by atoms with van der Waals surface area (Å²) in [6, 6.07) is 7.25. The zero-order valence-corrected chi connectivity index (χ0v) is 14.6. The topological polar surface area (TPSA) is 84.7 Å². The number of anilines is 1. The number of para-hydroxylation sites is 1. The molecule has 7 heteroatoms. The van der Waals surface area contributed by atoms with Crippen molar-refractivity contribution in [1.29, 1.82) is 0 Å². The van der Waals surface area contributed by atoms with E-state index in [0.717, 1.165) is 24.1 Å². The van der Waals surface area contributed by atoms with Crippen LogP contribution in [0.15, 0.2) is 24.3 Å². The third-order valence-electron chi connectivity index (χ3n) is 4.82. The second-order valence-corrected chi connectivity index (χ2v) is 6.28. The number of amides is 2. The molecule has 2 aliphatic heterocycles. The number of rotatable bonds is 4. The Labute approximate surface area is 148 Å². The number of carbonyl (C=O) groups is 2. The molecule has 1 aromatic carbocycles. The minimum absolute atomic E-state index is 0. The summed E-state index contributed by atoms with van der Waals surface area (Å²) in [4.78, 5) is 26.3. The minimum atomic E-state index is -0.605. The van der Waals surface area contributed by atoms with Gasteiger partial charge in [0, 0.05) is 25.9 Å². The van der Waals surface area contributed by atoms with Gasteiger partial charge in [0.05, 0.1) is 12.5 Å². The van der Waals surface area contributed by atoms with E-state index < -0.39 is 6.04 Å². The second kappa shape index (κ2) is 7.96. The first-order chi connectivity index (χ1) is 11.1. The lowest BCUT2D eigenvalue weighted by Gasteiger charge is -2.35. The highest BCUT2D eigenvalue weighted by Gasteiger charge is 2.38. The van der Waals surface area contributed by atoms with Crippen molar-refractivity contribution in [1.82, 2.24) is 4.90 Å². The number of carbonyl (C=O) groups excluding carboxylic acids is 2. The van der Waals surface area contributed by atoms with Crippen LogP contribution in [0.4, 0.5) is 5.69 Å². The van der Waals surface area contributed by atoms with Crippen LogP contribution in [-0.2, 0) is 14.3 Å². The van der Waals surface area contributed by atoms with E-state index in [0.29, 0.717) is 13.1 Å². The van der Waals surface area contributed by atoms with Crippen molar-refractivity contribution < 1.29 is 14.3 Å². The Morgan fingerprint density at radius 1 is 1.38 bits per heavy atom. The van der Waals surface area contributed by atoms with Crippen LogP contribution < -0.4 is 11.1 Å². The van der Waals surface area contributed by atoms with E-state index in [1.54, 1.807) is 4.90 Å². The van der Waals surface area contributed by atoms with Crippen molar-refractivity contribution in [2.75, 3.05) is 32.1 Å². The minimum Gasteiger partial charge on any atom is -0.383 e. The van der Waals surface area contributed by atoms with Gasteiger partial charge in [-0.25, -0.2) is 0 Å². The van der Waals surface area contributed by atoms with Crippen LogP contribution >= 0.6 is 12.4 Å². The Hall–Kier alpha value is -1.63. The summed E-state index contributed by atoms with van der Waals surface area (Å²) in [5, 5.41) is 2.96. The van der Waals surface area contributed by atoms with Crippen molar-refractivity contribution in [2.24, 2.45) is 11.7 Å². The second-order valence-electron chi connectivity index (χ2n) is 6.28. The molecule has 2 unspecified atom stereocenters. The highest BCUT2D eigenvalue weighted by atomic mass is 35.5. The molecule has 1 saturated heterocycles. The lowest BCUT2D eigenvalue weighted by Crippen LogP contribution is -2.49. The number of piperidine rings is 1. The largest absolute Gasteiger partial charge is 0.383 e. The number of hydrogen-bond donors (Lipinski definition) is 2. The van der Waals surface area contributed by atoms with Crippen LogP contribution in [0.25, 0.3) is 0 Å². The molecule has 0 spiro atoms. The van der Waals surface area contributed by atoms with Gasteiger partial charge in [-0.3, -0.25) is 9.59 Å². The molecular weight excluding hydrogens is 330 g/mol. The number of halogens is 1. The van der Waals surface area contributed by atoms with Crippen molar-refractivity contribution in [3.8, 4) is 0 Å². The fraction of sp³-hybridized carbons (Fsp3) is 0.529. The number of nitrogens with one attached hydrogen (secondary N) is 1. The number of hydrogen-bond acceptors (Lipinski definition) is 4. The van der Waals surface area contributed by atoms with E-state index in [1.165, 1.54) is 7.11 Å². The van der Waals surface area contributed by atoms with E-state index >= 15 is 0 Å². The average Bonchev–Trinajstić information content (AvgIpc) is 2.90. The molecular formula is C17H24ClN3O3. The Bertz CT molecular complexity index is 602. The van der Waals surface area contributed by atoms with Gasteiger partial charge in [-0.1, -0.05) is 18.2 Å². The Balaban J connectivity index is 0.00000208. The van der Waals surface area contributed by atoms with E-state index in [-0.39, 0.29) is 42.7 Å². The zero-order valence-electron chi connectivity index (χ0n) is 13.7. The van der Waals surface area contributed by atoms with E-state index in [2.05, 4.69) is 5.32 Å². The molecule has 0 radical (unpaired) electrons. The molecule has 1 aromatic rings. The first kappa shape index (κ1) is 18.7. The predicted molar refractivity (Wildman–Crippen MR) is 94.2 cm³/mol. The first-order valence-electron chi connectivity index (χ1n) is 8.05. The maximum Gasteiger partial charge on any atom is 0.241 e. The van der Waals surface area contributed by atoms with Crippen molar-refractivity contribution in [3.63, 3.8) is 0 Å². The molecule has 1 fully saturated rings. The fourth-order valence-corrected chi connectivity index (χ4v) is 3.64. The number of benzene rings is 1. The van der Waals surface area contributed by atoms with Gasteiger partial charge in [0.15, 0.2) is 0 Å². The molecule has 0 bridgehead atoms. The Morgan fingerprint density at radius 2 is 2.04 bits per heavy atom. The summed E-state index contributed by atoms with van der Waals surface area (Å²) < 4.78 is 4.95. The smallest absolute Gasteiger partial charge is 0.241 e. The average molecular weight is 354 g/mol. The maximum atomic E-state index is 12.3. The number of likely N-dealkylation sites (tertiary alicyclic amines) is 1. The quantitative estimate of drug-likeness (QED) is 0.855. The van der Waals surface area contributed by atoms with E-state index in [9.17, 15) is 9.59 Å². The van der Waals surface area contributed by atoms with Crippen LogP contribution in [0.5, 0.6) is 0 Å². The molecule has 3 rings (SSSR count). The molecule has 0 saturated carbocycles. The van der Waals surface area contributed by atoms with Crippen LogP contribution in [0.1, 0.15) is 24.3 Å². The summed E-state index contributed by atoms with van der Waals surface area (Å²) in [6.45, 7) is 1.52. The van der Waals surface area contributed by atoms with Crippen LogP contribution in [0.3, 0.4) is 0 Å².